The summed E-state index contributed by atoms with van der Waals surface area (Å²) < 4.78 is 4.41. The van der Waals surface area contributed by atoms with Crippen LogP contribution in [0.2, 0.25) is 0 Å². The third-order valence-electron chi connectivity index (χ3n) is 1.43. The third kappa shape index (κ3) is 4.13. The van der Waals surface area contributed by atoms with Gasteiger partial charge in [-0.15, -0.1) is 0 Å². The minimum absolute atomic E-state index is 0.689. The molecule has 0 aromatic heterocycles. The van der Waals surface area contributed by atoms with Crippen LogP contribution in [-0.2, 0) is 4.74 Å². The van der Waals surface area contributed by atoms with E-state index in [0.717, 1.165) is 12.3 Å². The maximum Gasteiger partial charge on any atom is 0.115 e. The molecule has 0 aliphatic rings. The highest BCUT2D eigenvalue weighted by atomic mass is 16.5. The van der Waals surface area contributed by atoms with Crippen molar-refractivity contribution in [1.29, 1.82) is 0 Å². The van der Waals surface area contributed by atoms with E-state index in [4.69, 9.17) is 7.11 Å². The predicted octanol–water partition coefficient (Wildman–Crippen LogP) is 2.11. The maximum absolute atomic E-state index is 4.83. The molecule has 1 unspecified atom stereocenters. The van der Waals surface area contributed by atoms with Crippen LogP contribution < -0.4 is 0 Å². The molecule has 0 aromatic carbocycles. The van der Waals surface area contributed by atoms with Crippen LogP contribution in [0, 0.1) is 13.0 Å². The Labute approximate surface area is 52.0 Å². The fourth-order valence-electron chi connectivity index (χ4n) is 0.473. The van der Waals surface area contributed by atoms with Gasteiger partial charge in [-0.2, -0.15) is 0 Å². The van der Waals surface area contributed by atoms with Crippen molar-refractivity contribution in [3.8, 4) is 0 Å². The zero-order valence-electron chi connectivity index (χ0n) is 5.68. The molecular formula is C7H14O. The van der Waals surface area contributed by atoms with Gasteiger partial charge in [0.05, 0.1) is 0 Å². The Morgan fingerprint density at radius 3 is 2.62 bits per heavy atom. The molecular weight excluding hydrogens is 100 g/mol. The lowest BCUT2D eigenvalue weighted by Gasteiger charge is -2.04. The van der Waals surface area contributed by atoms with Crippen LogP contribution >= 0.6 is 0 Å². The Bertz CT molecular complexity index is 43.7. The van der Waals surface area contributed by atoms with Crippen molar-refractivity contribution in [2.75, 3.05) is 6.61 Å². The zero-order chi connectivity index (χ0) is 6.41. The van der Waals surface area contributed by atoms with Crippen molar-refractivity contribution < 1.29 is 4.74 Å². The van der Waals surface area contributed by atoms with Crippen LogP contribution in [0.15, 0.2) is 0 Å². The van der Waals surface area contributed by atoms with Crippen molar-refractivity contribution in [3.63, 3.8) is 0 Å². The molecule has 0 saturated heterocycles. The average molecular weight is 114 g/mol. The van der Waals surface area contributed by atoms with Crippen molar-refractivity contribution in [2.24, 2.45) is 5.92 Å². The highest BCUT2D eigenvalue weighted by Gasteiger charge is 1.95. The quantitative estimate of drug-likeness (QED) is 0.544. The van der Waals surface area contributed by atoms with Crippen LogP contribution in [-0.4, -0.2) is 6.61 Å². The summed E-state index contributed by atoms with van der Waals surface area (Å²) in [6, 6.07) is 0. The van der Waals surface area contributed by atoms with Crippen molar-refractivity contribution in [2.45, 2.75) is 26.7 Å². The molecule has 1 nitrogen and oxygen atoms in total. The van der Waals surface area contributed by atoms with E-state index in [1.807, 2.05) is 0 Å². The molecule has 0 amide bonds. The van der Waals surface area contributed by atoms with Gasteiger partial charge in [-0.25, -0.2) is 0 Å². The fourth-order valence-corrected chi connectivity index (χ4v) is 0.473. The van der Waals surface area contributed by atoms with Gasteiger partial charge in [0, 0.05) is 6.61 Å². The molecule has 0 bridgehead atoms. The minimum Gasteiger partial charge on any atom is -0.373 e. The van der Waals surface area contributed by atoms with Crippen molar-refractivity contribution >= 4 is 0 Å². The second kappa shape index (κ2) is 5.10. The molecule has 0 fully saturated rings. The zero-order valence-corrected chi connectivity index (χ0v) is 5.68. The number of hydrogen-bond acceptors (Lipinski definition) is 1. The number of ether oxygens (including phenoxy) is 1. The third-order valence-corrected chi connectivity index (χ3v) is 1.43. The number of hydrogen-bond donors (Lipinski definition) is 0. The highest BCUT2D eigenvalue weighted by Crippen LogP contribution is 2.04. The molecule has 0 aliphatic heterocycles. The lowest BCUT2D eigenvalue weighted by atomic mass is 10.1. The fraction of sp³-hybridized carbons (Fsp3) is 0.857. The van der Waals surface area contributed by atoms with E-state index in [-0.39, 0.29) is 0 Å². The predicted molar refractivity (Wildman–Crippen MR) is 34.3 cm³/mol. The van der Waals surface area contributed by atoms with E-state index >= 15 is 0 Å². The normalized spacial score (nSPS) is 13.9. The smallest absolute Gasteiger partial charge is 0.115 e. The Morgan fingerprint density at radius 2 is 2.25 bits per heavy atom. The van der Waals surface area contributed by atoms with Gasteiger partial charge in [0.2, 0.25) is 0 Å². The molecule has 1 atom stereocenters. The molecule has 0 saturated carbocycles. The first-order chi connectivity index (χ1) is 3.81. The topological polar surface area (TPSA) is 9.23 Å². The average Bonchev–Trinajstić information content (AvgIpc) is 1.83. The van der Waals surface area contributed by atoms with E-state index in [1.165, 1.54) is 6.42 Å². The first kappa shape index (κ1) is 7.96. The second-order valence-electron chi connectivity index (χ2n) is 2.17. The van der Waals surface area contributed by atoms with E-state index in [1.54, 1.807) is 0 Å². The van der Waals surface area contributed by atoms with Crippen molar-refractivity contribution in [3.05, 3.63) is 7.11 Å². The molecule has 2 radical (unpaired) electrons. The van der Waals surface area contributed by atoms with Crippen molar-refractivity contribution in [1.82, 2.24) is 0 Å². The molecule has 0 N–H and O–H groups in total. The molecule has 8 heavy (non-hydrogen) atoms. The summed E-state index contributed by atoms with van der Waals surface area (Å²) in [7, 11) is 4.83. The Kier molecular flexibility index (Phi) is 5.08. The molecule has 0 rings (SSSR count). The Hall–Kier alpha value is -0.0400. The minimum atomic E-state index is 0.689. The maximum atomic E-state index is 4.83. The van der Waals surface area contributed by atoms with E-state index < -0.39 is 0 Å². The summed E-state index contributed by atoms with van der Waals surface area (Å²) in [5.41, 5.74) is 0. The summed E-state index contributed by atoms with van der Waals surface area (Å²) in [4.78, 5) is 0. The lowest BCUT2D eigenvalue weighted by molar-refractivity contribution is 0.217. The van der Waals surface area contributed by atoms with Gasteiger partial charge >= 0.3 is 0 Å². The Morgan fingerprint density at radius 1 is 1.62 bits per heavy atom. The first-order valence-electron chi connectivity index (χ1n) is 3.13. The lowest BCUT2D eigenvalue weighted by Crippen LogP contribution is -1.96. The SMILES string of the molecule is [CH]OCCC(C)CC. The van der Waals surface area contributed by atoms with E-state index in [9.17, 15) is 0 Å². The van der Waals surface area contributed by atoms with Gasteiger partial charge in [0.1, 0.15) is 7.11 Å². The van der Waals surface area contributed by atoms with E-state index in [2.05, 4.69) is 18.6 Å². The Balaban J connectivity index is 2.86. The molecule has 0 aliphatic carbocycles. The van der Waals surface area contributed by atoms with E-state index in [0.29, 0.717) is 6.61 Å². The molecule has 0 aromatic rings. The first-order valence-corrected chi connectivity index (χ1v) is 3.13. The van der Waals surface area contributed by atoms with Gasteiger partial charge in [0.25, 0.3) is 0 Å². The highest BCUT2D eigenvalue weighted by molar-refractivity contribution is 4.47. The summed E-state index contributed by atoms with van der Waals surface area (Å²) >= 11 is 0. The molecule has 0 spiro atoms. The largest absolute Gasteiger partial charge is 0.373 e. The molecule has 1 heteroatoms. The second-order valence-corrected chi connectivity index (χ2v) is 2.17. The van der Waals surface area contributed by atoms with Gasteiger partial charge in [0.15, 0.2) is 0 Å². The molecule has 0 heterocycles. The van der Waals surface area contributed by atoms with Crippen LogP contribution in [0.25, 0.3) is 0 Å². The van der Waals surface area contributed by atoms with Crippen LogP contribution in [0.5, 0.6) is 0 Å². The van der Waals surface area contributed by atoms with Crippen LogP contribution in [0.3, 0.4) is 0 Å². The van der Waals surface area contributed by atoms with Crippen LogP contribution in [0.1, 0.15) is 26.7 Å². The van der Waals surface area contributed by atoms with Gasteiger partial charge in [-0.05, 0) is 12.3 Å². The summed E-state index contributed by atoms with van der Waals surface area (Å²) in [6.45, 7) is 5.05. The summed E-state index contributed by atoms with van der Waals surface area (Å²) in [5, 5.41) is 0. The van der Waals surface area contributed by atoms with Gasteiger partial charge in [-0.1, -0.05) is 20.3 Å². The summed E-state index contributed by atoms with van der Waals surface area (Å²) in [5.74, 6) is 0.749. The standard InChI is InChI=1S/C7H14O/c1-4-7(2)5-6-8-3/h3,7H,4-6H2,1-2H3. The molecule has 48 valence electrons. The monoisotopic (exact) mass is 114 g/mol. The van der Waals surface area contributed by atoms with Crippen LogP contribution in [0.4, 0.5) is 0 Å². The van der Waals surface area contributed by atoms with Gasteiger partial charge in [-0.3, -0.25) is 0 Å². The number of rotatable bonds is 4. The van der Waals surface area contributed by atoms with Gasteiger partial charge < -0.3 is 4.74 Å². The summed E-state index contributed by atoms with van der Waals surface area (Å²) in [6.07, 6.45) is 2.29.